The molecule has 168 valence electrons. The molecule has 1 aliphatic rings. The molecule has 1 aliphatic heterocycles. The lowest BCUT2D eigenvalue weighted by Crippen LogP contribution is -2.46. The molecule has 0 bridgehead atoms. The van der Waals surface area contributed by atoms with Crippen LogP contribution in [0.1, 0.15) is 19.0 Å². The minimum Gasteiger partial charge on any atom is -0.391 e. The number of nitrogens with zero attached hydrogens (tertiary/aromatic N) is 3. The molecule has 2 heterocycles. The summed E-state index contributed by atoms with van der Waals surface area (Å²) in [6.45, 7) is 2.64. The molecule has 0 saturated heterocycles. The van der Waals surface area contributed by atoms with Gasteiger partial charge in [0.15, 0.2) is 5.69 Å². The highest BCUT2D eigenvalue weighted by Gasteiger charge is 2.37. The second-order valence-corrected chi connectivity index (χ2v) is 7.45. The van der Waals surface area contributed by atoms with Crippen molar-refractivity contribution >= 4 is 11.6 Å². The number of halogens is 3. The van der Waals surface area contributed by atoms with Gasteiger partial charge in [-0.05, 0) is 24.7 Å². The van der Waals surface area contributed by atoms with E-state index in [0.717, 1.165) is 16.0 Å². The van der Waals surface area contributed by atoms with Crippen molar-refractivity contribution in [1.29, 1.82) is 0 Å². The summed E-state index contributed by atoms with van der Waals surface area (Å²) in [5.74, 6) is 0.000705. The summed E-state index contributed by atoms with van der Waals surface area (Å²) in [6.07, 6.45) is -2.78. The highest BCUT2D eigenvalue weighted by molar-refractivity contribution is 5.74. The topological polar surface area (TPSA) is 74.2 Å². The van der Waals surface area contributed by atoms with Crippen molar-refractivity contribution < 1.29 is 18.0 Å². The molecule has 0 spiro atoms. The first kappa shape index (κ1) is 22.7. The van der Waals surface area contributed by atoms with Crippen LogP contribution in [0.25, 0.3) is 11.1 Å². The second-order valence-electron chi connectivity index (χ2n) is 7.45. The summed E-state index contributed by atoms with van der Waals surface area (Å²) < 4.78 is 41.3. The number of amides is 1. The van der Waals surface area contributed by atoms with E-state index in [-0.39, 0.29) is 17.6 Å². The van der Waals surface area contributed by atoms with Crippen LogP contribution in [0.15, 0.2) is 41.7 Å². The minimum absolute atomic E-state index is 0.000705. The van der Waals surface area contributed by atoms with Crippen molar-refractivity contribution in [3.63, 3.8) is 0 Å². The average molecular weight is 436 g/mol. The Kier molecular flexibility index (Phi) is 6.59. The number of anilines is 1. The molecule has 0 aliphatic carbocycles. The van der Waals surface area contributed by atoms with Gasteiger partial charge in [0.25, 0.3) is 0 Å². The van der Waals surface area contributed by atoms with Gasteiger partial charge in [-0.2, -0.15) is 18.3 Å². The zero-order chi connectivity index (χ0) is 22.8. The first-order chi connectivity index (χ1) is 14.6. The number of likely N-dealkylation sites (N-methyl/N-ethyl adjacent to an activating group) is 1. The Bertz CT molecular complexity index is 982. The van der Waals surface area contributed by atoms with Crippen LogP contribution in [0.4, 0.5) is 18.9 Å². The number of nitrogens with one attached hydrogen (secondary N) is 3. The van der Waals surface area contributed by atoms with Gasteiger partial charge in [0.05, 0.1) is 0 Å². The second kappa shape index (κ2) is 9.01. The normalized spacial score (nSPS) is 15.8. The van der Waals surface area contributed by atoms with Gasteiger partial charge in [-0.3, -0.25) is 14.8 Å². The maximum Gasteiger partial charge on any atom is 0.435 e. The maximum absolute atomic E-state index is 13.4. The van der Waals surface area contributed by atoms with Crippen molar-refractivity contribution in [2.75, 3.05) is 32.5 Å². The summed E-state index contributed by atoms with van der Waals surface area (Å²) >= 11 is 0. The molecular formula is C21H27F3N6O. The van der Waals surface area contributed by atoms with E-state index in [1.54, 1.807) is 43.1 Å². The lowest BCUT2D eigenvalue weighted by atomic mass is 10.0. The first-order valence-electron chi connectivity index (χ1n) is 9.94. The molecule has 0 radical (unpaired) electrons. The molecule has 1 aromatic heterocycles. The third kappa shape index (κ3) is 5.01. The van der Waals surface area contributed by atoms with E-state index in [1.165, 1.54) is 13.2 Å². The van der Waals surface area contributed by atoms with E-state index in [4.69, 9.17) is 0 Å². The van der Waals surface area contributed by atoms with E-state index >= 15 is 0 Å². The van der Waals surface area contributed by atoms with Gasteiger partial charge in [-0.25, -0.2) is 0 Å². The summed E-state index contributed by atoms with van der Waals surface area (Å²) in [6, 6.07) is 6.79. The minimum atomic E-state index is -4.54. The Labute approximate surface area is 179 Å². The Morgan fingerprint density at radius 2 is 2.00 bits per heavy atom. The Morgan fingerprint density at radius 1 is 1.26 bits per heavy atom. The summed E-state index contributed by atoms with van der Waals surface area (Å²) in [7, 11) is 5.10. The highest BCUT2D eigenvalue weighted by Crippen LogP contribution is 2.36. The van der Waals surface area contributed by atoms with Crippen molar-refractivity contribution in [2.45, 2.75) is 25.7 Å². The van der Waals surface area contributed by atoms with Crippen molar-refractivity contribution in [1.82, 2.24) is 25.3 Å². The van der Waals surface area contributed by atoms with Crippen molar-refractivity contribution in [3.05, 3.63) is 47.4 Å². The van der Waals surface area contributed by atoms with Crippen LogP contribution in [-0.4, -0.2) is 53.9 Å². The Hall–Kier alpha value is -3.01. The third-order valence-electron chi connectivity index (χ3n) is 5.35. The van der Waals surface area contributed by atoms with Gasteiger partial charge in [0.1, 0.15) is 6.17 Å². The van der Waals surface area contributed by atoms with Gasteiger partial charge in [0, 0.05) is 69.2 Å². The van der Waals surface area contributed by atoms with Gasteiger partial charge >= 0.3 is 6.18 Å². The predicted molar refractivity (Wildman–Crippen MR) is 113 cm³/mol. The molecule has 31 heavy (non-hydrogen) atoms. The SMILES string of the molecule is CNC1=C(C(NC)Nc2cccc(-c3cn(C)nc3C(F)(F)F)c2)CN(C(C)=O)CC1. The predicted octanol–water partition coefficient (Wildman–Crippen LogP) is 2.79. The monoisotopic (exact) mass is 436 g/mol. The molecule has 1 amide bonds. The number of hydrogen-bond acceptors (Lipinski definition) is 5. The number of hydrogen-bond donors (Lipinski definition) is 3. The van der Waals surface area contributed by atoms with Gasteiger partial charge in [-0.15, -0.1) is 0 Å². The fourth-order valence-electron chi connectivity index (χ4n) is 3.79. The number of aryl methyl sites for hydroxylation is 1. The maximum atomic E-state index is 13.4. The van der Waals surface area contributed by atoms with Gasteiger partial charge < -0.3 is 15.5 Å². The molecule has 2 aromatic rings. The first-order valence-corrected chi connectivity index (χ1v) is 9.94. The molecule has 1 atom stereocenters. The molecule has 3 rings (SSSR count). The molecule has 1 aromatic carbocycles. The largest absolute Gasteiger partial charge is 0.435 e. The quantitative estimate of drug-likeness (QED) is 0.608. The Balaban J connectivity index is 1.91. The summed E-state index contributed by atoms with van der Waals surface area (Å²) in [5.41, 5.74) is 2.19. The van der Waals surface area contributed by atoms with E-state index in [2.05, 4.69) is 21.0 Å². The summed E-state index contributed by atoms with van der Waals surface area (Å²) in [5, 5.41) is 13.3. The van der Waals surface area contributed by atoms with Crippen LogP contribution < -0.4 is 16.0 Å². The molecule has 7 nitrogen and oxygen atoms in total. The van der Waals surface area contributed by atoms with Crippen LogP contribution in [0.5, 0.6) is 0 Å². The van der Waals surface area contributed by atoms with Crippen LogP contribution in [0, 0.1) is 0 Å². The molecule has 10 heteroatoms. The van der Waals surface area contributed by atoms with E-state index in [1.807, 2.05) is 7.05 Å². The lowest BCUT2D eigenvalue weighted by Gasteiger charge is -2.34. The zero-order valence-corrected chi connectivity index (χ0v) is 18.0. The smallest absolute Gasteiger partial charge is 0.391 e. The van der Waals surface area contributed by atoms with Gasteiger partial charge in [-0.1, -0.05) is 12.1 Å². The van der Waals surface area contributed by atoms with Crippen LogP contribution in [0.3, 0.4) is 0 Å². The van der Waals surface area contributed by atoms with E-state index in [0.29, 0.717) is 30.8 Å². The number of aromatic nitrogens is 2. The van der Waals surface area contributed by atoms with Crippen LogP contribution >= 0.6 is 0 Å². The fourth-order valence-corrected chi connectivity index (χ4v) is 3.79. The number of rotatable bonds is 6. The molecule has 3 N–H and O–H groups in total. The van der Waals surface area contributed by atoms with Crippen LogP contribution in [0.2, 0.25) is 0 Å². The number of carbonyl (C=O) groups is 1. The lowest BCUT2D eigenvalue weighted by molar-refractivity contribution is -0.141. The third-order valence-corrected chi connectivity index (χ3v) is 5.35. The molecular weight excluding hydrogens is 409 g/mol. The van der Waals surface area contributed by atoms with Crippen molar-refractivity contribution in [3.8, 4) is 11.1 Å². The fraction of sp³-hybridized carbons (Fsp3) is 0.429. The zero-order valence-electron chi connectivity index (χ0n) is 18.0. The molecule has 0 fully saturated rings. The Morgan fingerprint density at radius 3 is 2.61 bits per heavy atom. The molecule has 0 saturated carbocycles. The molecule has 1 unspecified atom stereocenters. The number of alkyl halides is 3. The van der Waals surface area contributed by atoms with E-state index < -0.39 is 11.9 Å². The average Bonchev–Trinajstić information content (AvgIpc) is 3.14. The highest BCUT2D eigenvalue weighted by atomic mass is 19.4. The standard InChI is InChI=1S/C21H27F3N6O/c1-13(31)30-9-8-18(25-2)17(12-30)20(26-3)27-15-7-5-6-14(10-15)16-11-29(4)28-19(16)21(22,23)24/h5-7,10-11,20,25-27H,8-9,12H2,1-4H3. The number of carbonyl (C=O) groups excluding carboxylic acids is 1. The van der Waals surface area contributed by atoms with Gasteiger partial charge in [0.2, 0.25) is 5.91 Å². The van der Waals surface area contributed by atoms with Crippen molar-refractivity contribution in [2.24, 2.45) is 7.05 Å². The number of benzene rings is 1. The van der Waals surface area contributed by atoms with Crippen LogP contribution in [-0.2, 0) is 18.0 Å². The van der Waals surface area contributed by atoms with E-state index in [9.17, 15) is 18.0 Å². The summed E-state index contributed by atoms with van der Waals surface area (Å²) in [4.78, 5) is 13.6.